The minimum Gasteiger partial charge on any atom is -0.462 e. The van der Waals surface area contributed by atoms with Crippen molar-refractivity contribution in [2.24, 2.45) is 5.92 Å². The molecule has 4 nitrogen and oxygen atoms in total. The number of amides is 1. The lowest BCUT2D eigenvalue weighted by atomic mass is 10.0. The molecule has 2 rings (SSSR count). The monoisotopic (exact) mass is 359 g/mol. The van der Waals surface area contributed by atoms with Gasteiger partial charge >= 0.3 is 5.97 Å². The molecule has 134 valence electrons. The quantitative estimate of drug-likeness (QED) is 0.683. The zero-order valence-electron chi connectivity index (χ0n) is 15.0. The van der Waals surface area contributed by atoms with E-state index in [0.717, 1.165) is 29.7 Å². The summed E-state index contributed by atoms with van der Waals surface area (Å²) >= 11 is 1.44. The standard InChI is InChI=1S/C20H25NO3S/c1-4-15(5-2)18(22)21-19-17(20(23)24-6-3)13-16(25-19)12-14-10-8-7-9-11-14/h7-11,13,15H,4-6,12H2,1-3H3,(H,21,22). The molecule has 0 spiro atoms. The summed E-state index contributed by atoms with van der Waals surface area (Å²) in [6.07, 6.45) is 2.28. The normalized spacial score (nSPS) is 10.7. The van der Waals surface area contributed by atoms with Crippen molar-refractivity contribution in [2.75, 3.05) is 11.9 Å². The molecule has 0 bridgehead atoms. The van der Waals surface area contributed by atoms with Gasteiger partial charge in [0.05, 0.1) is 12.2 Å². The fourth-order valence-electron chi connectivity index (χ4n) is 2.65. The molecule has 0 saturated carbocycles. The zero-order valence-corrected chi connectivity index (χ0v) is 15.8. The van der Waals surface area contributed by atoms with Gasteiger partial charge in [0.1, 0.15) is 5.00 Å². The smallest absolute Gasteiger partial charge is 0.341 e. The molecule has 1 N–H and O–H groups in total. The van der Waals surface area contributed by atoms with Crippen LogP contribution in [-0.2, 0) is 16.0 Å². The first kappa shape index (κ1) is 19.2. The number of hydrogen-bond acceptors (Lipinski definition) is 4. The molecular formula is C20H25NO3S. The molecule has 1 aromatic carbocycles. The lowest BCUT2D eigenvalue weighted by Crippen LogP contribution is -2.22. The van der Waals surface area contributed by atoms with E-state index in [1.807, 2.05) is 50.2 Å². The van der Waals surface area contributed by atoms with Gasteiger partial charge in [0, 0.05) is 17.2 Å². The third kappa shape index (κ3) is 5.16. The Morgan fingerprint density at radius 1 is 1.12 bits per heavy atom. The van der Waals surface area contributed by atoms with Gasteiger partial charge in [-0.25, -0.2) is 4.79 Å². The second-order valence-electron chi connectivity index (χ2n) is 5.84. The molecule has 1 aromatic heterocycles. The molecule has 0 fully saturated rings. The minimum absolute atomic E-state index is 0.0383. The fourth-order valence-corrected chi connectivity index (χ4v) is 3.73. The van der Waals surface area contributed by atoms with Crippen LogP contribution in [-0.4, -0.2) is 18.5 Å². The van der Waals surface area contributed by atoms with Gasteiger partial charge in [-0.2, -0.15) is 0 Å². The van der Waals surface area contributed by atoms with E-state index in [0.29, 0.717) is 17.2 Å². The van der Waals surface area contributed by atoms with Crippen LogP contribution in [0.5, 0.6) is 0 Å². The molecule has 0 unspecified atom stereocenters. The fraction of sp³-hybridized carbons (Fsp3) is 0.400. The molecular weight excluding hydrogens is 334 g/mol. The molecule has 2 aromatic rings. The highest BCUT2D eigenvalue weighted by Gasteiger charge is 2.22. The second kappa shape index (κ2) is 9.37. The van der Waals surface area contributed by atoms with E-state index in [-0.39, 0.29) is 11.8 Å². The molecule has 5 heteroatoms. The Bertz CT molecular complexity index is 705. The van der Waals surface area contributed by atoms with E-state index >= 15 is 0 Å². The van der Waals surface area contributed by atoms with Crippen LogP contribution < -0.4 is 5.32 Å². The Labute approximate surface area is 153 Å². The average Bonchev–Trinajstić information content (AvgIpc) is 2.99. The summed E-state index contributed by atoms with van der Waals surface area (Å²) < 4.78 is 5.14. The predicted octanol–water partition coefficient (Wildman–Crippen LogP) is 4.89. The van der Waals surface area contributed by atoms with Crippen molar-refractivity contribution in [2.45, 2.75) is 40.0 Å². The zero-order chi connectivity index (χ0) is 18.2. The Morgan fingerprint density at radius 3 is 2.40 bits per heavy atom. The van der Waals surface area contributed by atoms with Crippen LogP contribution in [0.15, 0.2) is 36.4 Å². The number of hydrogen-bond donors (Lipinski definition) is 1. The number of ether oxygens (including phenoxy) is 1. The van der Waals surface area contributed by atoms with Gasteiger partial charge in [-0.15, -0.1) is 11.3 Å². The number of carbonyl (C=O) groups excluding carboxylic acids is 2. The number of nitrogens with one attached hydrogen (secondary N) is 1. The molecule has 0 saturated heterocycles. The van der Waals surface area contributed by atoms with Gasteiger partial charge in [-0.05, 0) is 31.4 Å². The van der Waals surface area contributed by atoms with Gasteiger partial charge < -0.3 is 10.1 Å². The third-order valence-electron chi connectivity index (χ3n) is 4.09. The summed E-state index contributed by atoms with van der Waals surface area (Å²) in [4.78, 5) is 25.7. The first-order valence-electron chi connectivity index (χ1n) is 8.73. The van der Waals surface area contributed by atoms with Crippen molar-refractivity contribution < 1.29 is 14.3 Å². The van der Waals surface area contributed by atoms with Crippen molar-refractivity contribution in [3.63, 3.8) is 0 Å². The van der Waals surface area contributed by atoms with Crippen molar-refractivity contribution in [3.05, 3.63) is 52.4 Å². The molecule has 0 aliphatic rings. The van der Waals surface area contributed by atoms with Gasteiger partial charge in [0.25, 0.3) is 0 Å². The molecule has 1 heterocycles. The minimum atomic E-state index is -0.391. The maximum Gasteiger partial charge on any atom is 0.341 e. The van der Waals surface area contributed by atoms with Crippen molar-refractivity contribution in [1.82, 2.24) is 0 Å². The first-order valence-corrected chi connectivity index (χ1v) is 9.55. The Balaban J connectivity index is 2.26. The summed E-state index contributed by atoms with van der Waals surface area (Å²) in [6.45, 7) is 6.07. The largest absolute Gasteiger partial charge is 0.462 e. The SMILES string of the molecule is CCOC(=O)c1cc(Cc2ccccc2)sc1NC(=O)C(CC)CC. The Hall–Kier alpha value is -2.14. The van der Waals surface area contributed by atoms with E-state index in [2.05, 4.69) is 5.32 Å². The van der Waals surface area contributed by atoms with E-state index in [9.17, 15) is 9.59 Å². The highest BCUT2D eigenvalue weighted by Crippen LogP contribution is 2.31. The molecule has 0 aliphatic carbocycles. The maximum atomic E-state index is 12.4. The second-order valence-corrected chi connectivity index (χ2v) is 6.98. The van der Waals surface area contributed by atoms with Crippen LogP contribution in [0.25, 0.3) is 0 Å². The van der Waals surface area contributed by atoms with Crippen molar-refractivity contribution >= 4 is 28.2 Å². The van der Waals surface area contributed by atoms with Gasteiger partial charge in [-0.3, -0.25) is 4.79 Å². The van der Waals surface area contributed by atoms with Gasteiger partial charge in [-0.1, -0.05) is 44.2 Å². The number of benzene rings is 1. The predicted molar refractivity (Wildman–Crippen MR) is 102 cm³/mol. The molecule has 1 amide bonds. The van der Waals surface area contributed by atoms with Gasteiger partial charge in [0.2, 0.25) is 5.91 Å². The first-order chi connectivity index (χ1) is 12.1. The van der Waals surface area contributed by atoms with Crippen LogP contribution in [0.2, 0.25) is 0 Å². The van der Waals surface area contributed by atoms with Crippen molar-refractivity contribution in [3.8, 4) is 0 Å². The highest BCUT2D eigenvalue weighted by atomic mass is 32.1. The highest BCUT2D eigenvalue weighted by molar-refractivity contribution is 7.16. The summed E-state index contributed by atoms with van der Waals surface area (Å²) in [7, 11) is 0. The number of thiophene rings is 1. The topological polar surface area (TPSA) is 55.4 Å². The van der Waals surface area contributed by atoms with Crippen LogP contribution in [0.3, 0.4) is 0 Å². The molecule has 25 heavy (non-hydrogen) atoms. The molecule has 0 atom stereocenters. The lowest BCUT2D eigenvalue weighted by molar-refractivity contribution is -0.120. The summed E-state index contributed by atoms with van der Waals surface area (Å²) in [5, 5.41) is 3.52. The number of carbonyl (C=O) groups is 2. The number of esters is 1. The Kier molecular flexibility index (Phi) is 7.19. The van der Waals surface area contributed by atoms with Crippen LogP contribution in [0, 0.1) is 5.92 Å². The van der Waals surface area contributed by atoms with Gasteiger partial charge in [0.15, 0.2) is 0 Å². The van der Waals surface area contributed by atoms with Crippen LogP contribution >= 0.6 is 11.3 Å². The summed E-state index contributed by atoms with van der Waals surface area (Å²) in [5.74, 6) is -0.476. The van der Waals surface area contributed by atoms with E-state index in [1.54, 1.807) is 6.92 Å². The number of rotatable bonds is 8. The molecule has 0 radical (unpaired) electrons. The summed E-state index contributed by atoms with van der Waals surface area (Å²) in [6, 6.07) is 11.9. The van der Waals surface area contributed by atoms with Crippen LogP contribution in [0.1, 0.15) is 54.4 Å². The maximum absolute atomic E-state index is 12.4. The van der Waals surface area contributed by atoms with E-state index in [4.69, 9.17) is 4.74 Å². The lowest BCUT2D eigenvalue weighted by Gasteiger charge is -2.12. The van der Waals surface area contributed by atoms with E-state index in [1.165, 1.54) is 11.3 Å². The number of anilines is 1. The van der Waals surface area contributed by atoms with Crippen LogP contribution in [0.4, 0.5) is 5.00 Å². The molecule has 0 aliphatic heterocycles. The third-order valence-corrected chi connectivity index (χ3v) is 5.14. The average molecular weight is 359 g/mol. The Morgan fingerprint density at radius 2 is 1.80 bits per heavy atom. The summed E-state index contributed by atoms with van der Waals surface area (Å²) in [5.41, 5.74) is 1.61. The van der Waals surface area contributed by atoms with E-state index < -0.39 is 5.97 Å². The van der Waals surface area contributed by atoms with Crippen molar-refractivity contribution in [1.29, 1.82) is 0 Å².